The summed E-state index contributed by atoms with van der Waals surface area (Å²) in [6, 6.07) is 16.7. The van der Waals surface area contributed by atoms with Crippen LogP contribution >= 0.6 is 0 Å². The van der Waals surface area contributed by atoms with Gasteiger partial charge in [-0.1, -0.05) is 52.3 Å². The Morgan fingerprint density at radius 1 is 1.07 bits per heavy atom. The average molecular weight is 583 g/mol. The molecule has 3 aromatic heterocycles. The van der Waals surface area contributed by atoms with Gasteiger partial charge in [-0.15, -0.1) is 0 Å². The normalized spacial score (nSPS) is 15.7. The lowest BCUT2D eigenvalue weighted by atomic mass is 9.93. The van der Waals surface area contributed by atoms with E-state index in [0.29, 0.717) is 6.61 Å². The summed E-state index contributed by atoms with van der Waals surface area (Å²) in [7, 11) is 0.269. The van der Waals surface area contributed by atoms with Crippen LogP contribution in [-0.2, 0) is 11.0 Å². The van der Waals surface area contributed by atoms with Gasteiger partial charge in [0.2, 0.25) is 0 Å². The number of hydrogen-bond donors (Lipinski definition) is 1. The van der Waals surface area contributed by atoms with Crippen molar-refractivity contribution in [1.29, 1.82) is 0 Å². The molecule has 0 fully saturated rings. The quantitative estimate of drug-likeness (QED) is 0.206. The molecule has 0 amide bonds. The van der Waals surface area contributed by atoms with Crippen molar-refractivity contribution in [2.75, 3.05) is 20.1 Å². The van der Waals surface area contributed by atoms with Crippen LogP contribution in [0.15, 0.2) is 60.8 Å². The van der Waals surface area contributed by atoms with Gasteiger partial charge in [-0.2, -0.15) is 5.10 Å². The second-order valence-corrected chi connectivity index (χ2v) is 17.9. The molecule has 222 valence electrons. The van der Waals surface area contributed by atoms with Crippen LogP contribution in [-0.4, -0.2) is 53.1 Å². The summed E-state index contributed by atoms with van der Waals surface area (Å²) in [4.78, 5) is 12.4. The lowest BCUT2D eigenvalue weighted by Crippen LogP contribution is -2.40. The lowest BCUT2D eigenvalue weighted by molar-refractivity contribution is 0.272. The Bertz CT molecular complexity index is 1580. The molecular weight excluding hydrogens is 537 g/mol. The highest BCUT2D eigenvalue weighted by atomic mass is 28.4. The molecule has 0 saturated carbocycles. The van der Waals surface area contributed by atoms with Gasteiger partial charge in [0.05, 0.1) is 35.4 Å². The third-order valence-corrected chi connectivity index (χ3v) is 13.4. The molecule has 1 aliphatic rings. The molecule has 0 radical (unpaired) electrons. The Balaban J connectivity index is 1.59. The number of fused-ring (bicyclic) bond motifs is 1. The van der Waals surface area contributed by atoms with E-state index in [-0.39, 0.29) is 11.1 Å². The maximum Gasteiger partial charge on any atom is 0.192 e. The fourth-order valence-electron chi connectivity index (χ4n) is 5.15. The minimum Gasteiger partial charge on any atom is -0.411 e. The second kappa shape index (κ2) is 12.2. The standard InChI is InChI=1S/C34H46N6OSi/c1-8-11-29(35)31-14-10-13-30(38-31)25-20-27(24-16-18-39(5)19-17-24)28-22-36-40(32(28)21-25)33-15-9-12-26(37-33)23-41-42(6,7)34(2,3)4/h9-10,12-16,20-22,29H,8,11,17-19,23,35H2,1-7H3/t29-/m0/s1. The van der Waals surface area contributed by atoms with Gasteiger partial charge in [0, 0.05) is 30.1 Å². The summed E-state index contributed by atoms with van der Waals surface area (Å²) < 4.78 is 8.45. The first-order chi connectivity index (χ1) is 20.0. The zero-order valence-corrected chi connectivity index (χ0v) is 27.3. The SMILES string of the molecule is CCC[C@H](N)c1cccc(-c2cc(C3=CCN(C)CC3)c3cnn(-c4cccc(CO[Si](C)(C)C(C)(C)C)n4)c3c2)n1. The van der Waals surface area contributed by atoms with E-state index in [1.165, 1.54) is 11.1 Å². The third-order valence-electron chi connectivity index (χ3n) is 8.89. The van der Waals surface area contributed by atoms with E-state index in [4.69, 9.17) is 25.2 Å². The minimum absolute atomic E-state index is 0.0687. The van der Waals surface area contributed by atoms with Crippen LogP contribution in [0.3, 0.4) is 0 Å². The van der Waals surface area contributed by atoms with E-state index >= 15 is 0 Å². The fourth-order valence-corrected chi connectivity index (χ4v) is 6.09. The Morgan fingerprint density at radius 3 is 2.57 bits per heavy atom. The molecule has 1 aliphatic heterocycles. The number of aromatic nitrogens is 4. The van der Waals surface area contributed by atoms with Gasteiger partial charge in [-0.05, 0) is 85.6 Å². The van der Waals surface area contributed by atoms with Crippen LogP contribution in [0.4, 0.5) is 0 Å². The molecule has 0 bridgehead atoms. The van der Waals surface area contributed by atoms with Crippen molar-refractivity contribution in [3.05, 3.63) is 77.8 Å². The number of benzene rings is 1. The topological polar surface area (TPSA) is 82.1 Å². The molecule has 0 spiro atoms. The smallest absolute Gasteiger partial charge is 0.192 e. The maximum absolute atomic E-state index is 6.49. The monoisotopic (exact) mass is 582 g/mol. The molecule has 2 N–H and O–H groups in total. The van der Waals surface area contributed by atoms with Gasteiger partial charge < -0.3 is 15.1 Å². The first-order valence-electron chi connectivity index (χ1n) is 15.2. The van der Waals surface area contributed by atoms with E-state index < -0.39 is 8.32 Å². The molecule has 5 rings (SSSR count). The molecule has 0 unspecified atom stereocenters. The highest BCUT2D eigenvalue weighted by molar-refractivity contribution is 6.74. The maximum atomic E-state index is 6.49. The van der Waals surface area contributed by atoms with Gasteiger partial charge in [-0.25, -0.2) is 9.67 Å². The molecule has 0 aliphatic carbocycles. The Labute approximate surface area is 251 Å². The van der Waals surface area contributed by atoms with Crippen molar-refractivity contribution in [2.24, 2.45) is 5.73 Å². The minimum atomic E-state index is -1.90. The zero-order valence-electron chi connectivity index (χ0n) is 26.3. The van der Waals surface area contributed by atoms with Crippen LogP contribution < -0.4 is 5.73 Å². The van der Waals surface area contributed by atoms with Gasteiger partial charge in [0.25, 0.3) is 0 Å². The first kappa shape index (κ1) is 30.3. The van der Waals surface area contributed by atoms with Gasteiger partial charge in [0.1, 0.15) is 0 Å². The molecule has 8 heteroatoms. The van der Waals surface area contributed by atoms with Crippen molar-refractivity contribution in [1.82, 2.24) is 24.6 Å². The summed E-state index contributed by atoms with van der Waals surface area (Å²) in [6.07, 6.45) is 7.26. The van der Waals surface area contributed by atoms with Crippen molar-refractivity contribution in [3.8, 4) is 17.1 Å². The van der Waals surface area contributed by atoms with Crippen molar-refractivity contribution < 1.29 is 4.43 Å². The van der Waals surface area contributed by atoms with Crippen LogP contribution in [0.2, 0.25) is 18.1 Å². The van der Waals surface area contributed by atoms with Crippen LogP contribution in [0.25, 0.3) is 33.6 Å². The summed E-state index contributed by atoms with van der Waals surface area (Å²) >= 11 is 0. The molecule has 7 nitrogen and oxygen atoms in total. The molecule has 4 heterocycles. The van der Waals surface area contributed by atoms with Crippen molar-refractivity contribution in [3.63, 3.8) is 0 Å². The Hall–Kier alpha value is -3.17. The van der Waals surface area contributed by atoms with Gasteiger partial charge in [-0.3, -0.25) is 4.98 Å². The number of pyridine rings is 2. The number of rotatable bonds is 9. The highest BCUT2D eigenvalue weighted by Crippen LogP contribution is 2.37. The second-order valence-electron chi connectivity index (χ2n) is 13.1. The lowest BCUT2D eigenvalue weighted by Gasteiger charge is -2.36. The first-order valence-corrected chi connectivity index (χ1v) is 18.1. The predicted octanol–water partition coefficient (Wildman–Crippen LogP) is 7.52. The predicted molar refractivity (Wildman–Crippen MR) is 176 cm³/mol. The van der Waals surface area contributed by atoms with Crippen LogP contribution in [0.5, 0.6) is 0 Å². The van der Waals surface area contributed by atoms with Crippen molar-refractivity contribution >= 4 is 24.8 Å². The van der Waals surface area contributed by atoms with Crippen LogP contribution in [0, 0.1) is 0 Å². The van der Waals surface area contributed by atoms with Crippen molar-refractivity contribution in [2.45, 2.75) is 77.7 Å². The molecule has 4 aromatic rings. The zero-order chi connectivity index (χ0) is 30.1. The van der Waals surface area contributed by atoms with E-state index in [0.717, 1.165) is 71.7 Å². The molecule has 0 saturated heterocycles. The third kappa shape index (κ3) is 6.42. The molecule has 1 aromatic carbocycles. The average Bonchev–Trinajstić information content (AvgIpc) is 3.40. The van der Waals surface area contributed by atoms with E-state index in [9.17, 15) is 0 Å². The Morgan fingerprint density at radius 2 is 1.86 bits per heavy atom. The Kier molecular flexibility index (Phi) is 8.80. The molecule has 1 atom stereocenters. The largest absolute Gasteiger partial charge is 0.411 e. The molecule has 42 heavy (non-hydrogen) atoms. The molecular formula is C34H46N6OSi. The van der Waals surface area contributed by atoms with Gasteiger partial charge in [0.15, 0.2) is 14.1 Å². The summed E-state index contributed by atoms with van der Waals surface area (Å²) in [5.41, 5.74) is 13.9. The van der Waals surface area contributed by atoms with E-state index in [1.54, 1.807) is 0 Å². The fraction of sp³-hybridized carbons (Fsp3) is 0.441. The number of likely N-dealkylation sites (N-methyl/N-ethyl adjacent to an activating group) is 1. The summed E-state index contributed by atoms with van der Waals surface area (Å²) in [5, 5.41) is 6.14. The van der Waals surface area contributed by atoms with Gasteiger partial charge >= 0.3 is 0 Å². The number of hydrogen-bond acceptors (Lipinski definition) is 6. The summed E-state index contributed by atoms with van der Waals surface area (Å²) in [6.45, 7) is 15.9. The van der Waals surface area contributed by atoms with E-state index in [1.807, 2.05) is 35.1 Å². The number of nitrogens with zero attached hydrogens (tertiary/aromatic N) is 5. The summed E-state index contributed by atoms with van der Waals surface area (Å²) in [5.74, 6) is 0.786. The number of nitrogens with two attached hydrogens (primary N) is 1. The highest BCUT2D eigenvalue weighted by Gasteiger charge is 2.37. The van der Waals surface area contributed by atoms with Crippen LogP contribution in [0.1, 0.15) is 70.0 Å². The van der Waals surface area contributed by atoms with E-state index in [2.05, 4.69) is 83.1 Å².